The van der Waals surface area contributed by atoms with E-state index in [4.69, 9.17) is 4.42 Å². The fourth-order valence-corrected chi connectivity index (χ4v) is 2.38. The summed E-state index contributed by atoms with van der Waals surface area (Å²) in [5, 5.41) is 0.954. The topological polar surface area (TPSA) is 43.1 Å². The third kappa shape index (κ3) is 2.08. The minimum Gasteiger partial charge on any atom is -0.452 e. The number of halogens is 1. The van der Waals surface area contributed by atoms with Gasteiger partial charge >= 0.3 is 0 Å². The van der Waals surface area contributed by atoms with Crippen LogP contribution in [-0.2, 0) is 0 Å². The number of carbonyl (C=O) groups is 1. The lowest BCUT2D eigenvalue weighted by molar-refractivity contribution is 0.101. The SMILES string of the molecule is Cc1c(C(=O)c2cccnc2)oc2cc(Br)ccc12. The van der Waals surface area contributed by atoms with Crippen LogP contribution in [0.15, 0.2) is 51.6 Å². The van der Waals surface area contributed by atoms with Gasteiger partial charge in [-0.1, -0.05) is 15.9 Å². The maximum absolute atomic E-state index is 12.4. The van der Waals surface area contributed by atoms with Crippen LogP contribution in [0, 0.1) is 6.92 Å². The highest BCUT2D eigenvalue weighted by Crippen LogP contribution is 2.29. The molecule has 0 bridgehead atoms. The zero-order valence-corrected chi connectivity index (χ0v) is 11.8. The first-order valence-corrected chi connectivity index (χ1v) is 6.59. The highest BCUT2D eigenvalue weighted by molar-refractivity contribution is 9.10. The van der Waals surface area contributed by atoms with E-state index in [0.29, 0.717) is 16.9 Å². The summed E-state index contributed by atoms with van der Waals surface area (Å²) in [5.74, 6) is 0.235. The van der Waals surface area contributed by atoms with Crippen LogP contribution < -0.4 is 0 Å². The smallest absolute Gasteiger partial charge is 0.230 e. The predicted octanol–water partition coefficient (Wildman–Crippen LogP) is 4.13. The van der Waals surface area contributed by atoms with Crippen molar-refractivity contribution in [2.45, 2.75) is 6.92 Å². The van der Waals surface area contributed by atoms with E-state index in [-0.39, 0.29) is 5.78 Å². The molecule has 2 aromatic heterocycles. The summed E-state index contributed by atoms with van der Waals surface area (Å²) in [4.78, 5) is 16.3. The molecular formula is C15H10BrNO2. The molecule has 19 heavy (non-hydrogen) atoms. The predicted molar refractivity (Wildman–Crippen MR) is 76.3 cm³/mol. The van der Waals surface area contributed by atoms with Gasteiger partial charge in [0.15, 0.2) is 5.76 Å². The summed E-state index contributed by atoms with van der Waals surface area (Å²) in [7, 11) is 0. The number of hydrogen-bond acceptors (Lipinski definition) is 3. The van der Waals surface area contributed by atoms with Gasteiger partial charge in [-0.2, -0.15) is 0 Å². The molecule has 0 radical (unpaired) electrons. The number of ketones is 1. The van der Waals surface area contributed by atoms with Crippen molar-refractivity contribution in [2.24, 2.45) is 0 Å². The number of carbonyl (C=O) groups excluding carboxylic acids is 1. The Morgan fingerprint density at radius 1 is 1.32 bits per heavy atom. The van der Waals surface area contributed by atoms with Crippen molar-refractivity contribution < 1.29 is 9.21 Å². The second-order valence-electron chi connectivity index (χ2n) is 4.27. The third-order valence-corrected chi connectivity index (χ3v) is 3.52. The van der Waals surface area contributed by atoms with Gasteiger partial charge in [-0.15, -0.1) is 0 Å². The van der Waals surface area contributed by atoms with E-state index in [1.54, 1.807) is 24.5 Å². The summed E-state index contributed by atoms with van der Waals surface area (Å²) >= 11 is 3.39. The quantitative estimate of drug-likeness (QED) is 0.668. The molecule has 0 spiro atoms. The fraction of sp³-hybridized carbons (Fsp3) is 0.0667. The molecule has 0 unspecified atom stereocenters. The Labute approximate surface area is 118 Å². The van der Waals surface area contributed by atoms with Crippen LogP contribution in [0.1, 0.15) is 21.7 Å². The molecular weight excluding hydrogens is 306 g/mol. The molecule has 0 atom stereocenters. The molecule has 0 aliphatic carbocycles. The lowest BCUT2D eigenvalue weighted by Gasteiger charge is -1.97. The van der Waals surface area contributed by atoms with Crippen molar-refractivity contribution in [3.05, 3.63) is 64.1 Å². The summed E-state index contributed by atoms with van der Waals surface area (Å²) in [6, 6.07) is 9.21. The first kappa shape index (κ1) is 12.1. The fourth-order valence-electron chi connectivity index (χ4n) is 2.04. The van der Waals surface area contributed by atoms with Gasteiger partial charge in [-0.3, -0.25) is 9.78 Å². The molecule has 94 valence electrons. The number of furan rings is 1. The maximum atomic E-state index is 12.4. The van der Waals surface area contributed by atoms with Crippen molar-refractivity contribution in [3.8, 4) is 0 Å². The zero-order valence-electron chi connectivity index (χ0n) is 10.2. The van der Waals surface area contributed by atoms with Crippen molar-refractivity contribution >= 4 is 32.7 Å². The normalized spacial score (nSPS) is 10.8. The van der Waals surface area contributed by atoms with Gasteiger partial charge in [-0.05, 0) is 37.3 Å². The van der Waals surface area contributed by atoms with E-state index in [1.807, 2.05) is 25.1 Å². The lowest BCUT2D eigenvalue weighted by Crippen LogP contribution is -2.01. The molecule has 3 rings (SSSR count). The Morgan fingerprint density at radius 2 is 2.16 bits per heavy atom. The van der Waals surface area contributed by atoms with Gasteiger partial charge in [0.05, 0.1) is 0 Å². The average Bonchev–Trinajstić information content (AvgIpc) is 2.75. The molecule has 0 fully saturated rings. The summed E-state index contributed by atoms with van der Waals surface area (Å²) in [6.07, 6.45) is 3.18. The zero-order chi connectivity index (χ0) is 13.4. The van der Waals surface area contributed by atoms with Gasteiger partial charge in [0.25, 0.3) is 0 Å². The van der Waals surface area contributed by atoms with E-state index < -0.39 is 0 Å². The molecule has 0 amide bonds. The first-order chi connectivity index (χ1) is 9.16. The van der Waals surface area contributed by atoms with Crippen LogP contribution in [0.3, 0.4) is 0 Å². The van der Waals surface area contributed by atoms with Crippen LogP contribution in [0.4, 0.5) is 0 Å². The minimum absolute atomic E-state index is 0.141. The monoisotopic (exact) mass is 315 g/mol. The first-order valence-electron chi connectivity index (χ1n) is 5.80. The number of hydrogen-bond donors (Lipinski definition) is 0. The Kier molecular flexibility index (Phi) is 2.95. The number of rotatable bonds is 2. The Hall–Kier alpha value is -1.94. The Morgan fingerprint density at radius 3 is 2.89 bits per heavy atom. The van der Waals surface area contributed by atoms with E-state index in [2.05, 4.69) is 20.9 Å². The molecule has 0 saturated carbocycles. The maximum Gasteiger partial charge on any atom is 0.230 e. The van der Waals surface area contributed by atoms with Gasteiger partial charge in [0.1, 0.15) is 5.58 Å². The minimum atomic E-state index is -0.141. The highest BCUT2D eigenvalue weighted by Gasteiger charge is 2.19. The van der Waals surface area contributed by atoms with Crippen molar-refractivity contribution in [3.63, 3.8) is 0 Å². The highest BCUT2D eigenvalue weighted by atomic mass is 79.9. The second kappa shape index (κ2) is 4.63. The van der Waals surface area contributed by atoms with E-state index in [9.17, 15) is 4.79 Å². The lowest BCUT2D eigenvalue weighted by atomic mass is 10.1. The van der Waals surface area contributed by atoms with Crippen LogP contribution in [0.5, 0.6) is 0 Å². The number of fused-ring (bicyclic) bond motifs is 1. The van der Waals surface area contributed by atoms with Crippen molar-refractivity contribution in [1.29, 1.82) is 0 Å². The molecule has 2 heterocycles. The van der Waals surface area contributed by atoms with Gasteiger partial charge in [0.2, 0.25) is 5.78 Å². The Bertz CT molecular complexity index is 762. The number of nitrogens with zero attached hydrogens (tertiary/aromatic N) is 1. The van der Waals surface area contributed by atoms with Crippen molar-refractivity contribution in [1.82, 2.24) is 4.98 Å². The third-order valence-electron chi connectivity index (χ3n) is 3.03. The molecule has 1 aromatic carbocycles. The molecule has 0 N–H and O–H groups in total. The van der Waals surface area contributed by atoms with Crippen LogP contribution >= 0.6 is 15.9 Å². The van der Waals surface area contributed by atoms with Gasteiger partial charge in [0, 0.05) is 33.4 Å². The molecule has 0 aliphatic rings. The molecule has 0 saturated heterocycles. The summed E-state index contributed by atoms with van der Waals surface area (Å²) in [5.41, 5.74) is 2.10. The van der Waals surface area contributed by atoms with Gasteiger partial charge < -0.3 is 4.42 Å². The molecule has 3 aromatic rings. The number of aryl methyl sites for hydroxylation is 1. The van der Waals surface area contributed by atoms with E-state index in [0.717, 1.165) is 15.4 Å². The van der Waals surface area contributed by atoms with E-state index >= 15 is 0 Å². The standard InChI is InChI=1S/C15H10BrNO2/c1-9-12-5-4-11(16)7-13(12)19-15(9)14(18)10-3-2-6-17-8-10/h2-8H,1H3. The number of benzene rings is 1. The second-order valence-corrected chi connectivity index (χ2v) is 5.18. The molecule has 4 heteroatoms. The number of aromatic nitrogens is 1. The average molecular weight is 316 g/mol. The summed E-state index contributed by atoms with van der Waals surface area (Å²) < 4.78 is 6.61. The molecule has 0 aliphatic heterocycles. The Balaban J connectivity index is 2.16. The van der Waals surface area contributed by atoms with Crippen molar-refractivity contribution in [2.75, 3.05) is 0 Å². The van der Waals surface area contributed by atoms with Crippen LogP contribution in [-0.4, -0.2) is 10.8 Å². The number of pyridine rings is 1. The summed E-state index contributed by atoms with van der Waals surface area (Å²) in [6.45, 7) is 1.89. The largest absolute Gasteiger partial charge is 0.452 e. The van der Waals surface area contributed by atoms with Crippen LogP contribution in [0.25, 0.3) is 11.0 Å². The van der Waals surface area contributed by atoms with E-state index in [1.165, 1.54) is 0 Å². The molecule has 3 nitrogen and oxygen atoms in total. The van der Waals surface area contributed by atoms with Gasteiger partial charge in [-0.25, -0.2) is 0 Å². The van der Waals surface area contributed by atoms with Crippen LogP contribution in [0.2, 0.25) is 0 Å².